The molecule has 4 heteroatoms. The molecular weight excluding hydrogens is 358 g/mol. The summed E-state index contributed by atoms with van der Waals surface area (Å²) >= 11 is 0. The SMILES string of the molecule is CC(=O)NCCc1ccc2nc(CC(C)C)c(CN)c(-c3ccc(C)cc3)c2c1. The molecular formula is C25H31N3O. The van der Waals surface area contributed by atoms with Crippen molar-refractivity contribution < 1.29 is 4.79 Å². The van der Waals surface area contributed by atoms with E-state index in [2.05, 4.69) is 68.6 Å². The zero-order chi connectivity index (χ0) is 21.0. The van der Waals surface area contributed by atoms with Crippen LogP contribution < -0.4 is 11.1 Å². The lowest BCUT2D eigenvalue weighted by Crippen LogP contribution is -2.22. The molecule has 3 aromatic rings. The van der Waals surface area contributed by atoms with Gasteiger partial charge >= 0.3 is 0 Å². The Kier molecular flexibility index (Phi) is 6.65. The highest BCUT2D eigenvalue weighted by atomic mass is 16.1. The third kappa shape index (κ3) is 5.01. The van der Waals surface area contributed by atoms with E-state index in [-0.39, 0.29) is 5.91 Å². The molecule has 1 heterocycles. The van der Waals surface area contributed by atoms with Crippen molar-refractivity contribution in [2.45, 2.75) is 47.1 Å². The standard InChI is InChI=1S/C25H31N3O/c1-16(2)13-24-22(15-26)25(20-8-5-17(3)6-9-20)21-14-19(7-10-23(21)28-24)11-12-27-18(4)29/h5-10,14,16H,11-13,15,26H2,1-4H3,(H,27,29). The van der Waals surface area contributed by atoms with E-state index < -0.39 is 0 Å². The molecule has 152 valence electrons. The predicted molar refractivity (Wildman–Crippen MR) is 121 cm³/mol. The Morgan fingerprint density at radius 1 is 1.14 bits per heavy atom. The highest BCUT2D eigenvalue weighted by Crippen LogP contribution is 2.34. The van der Waals surface area contributed by atoms with Gasteiger partial charge in [-0.2, -0.15) is 0 Å². The van der Waals surface area contributed by atoms with E-state index in [0.29, 0.717) is 19.0 Å². The van der Waals surface area contributed by atoms with E-state index >= 15 is 0 Å². The minimum atomic E-state index is -0.00320. The van der Waals surface area contributed by atoms with Gasteiger partial charge in [-0.15, -0.1) is 0 Å². The first-order valence-electron chi connectivity index (χ1n) is 10.3. The minimum absolute atomic E-state index is 0.00320. The number of amides is 1. The zero-order valence-electron chi connectivity index (χ0n) is 17.9. The summed E-state index contributed by atoms with van der Waals surface area (Å²) < 4.78 is 0. The quantitative estimate of drug-likeness (QED) is 0.623. The molecule has 1 aromatic heterocycles. The highest BCUT2D eigenvalue weighted by Gasteiger charge is 2.17. The second kappa shape index (κ2) is 9.19. The van der Waals surface area contributed by atoms with Crippen molar-refractivity contribution in [2.75, 3.05) is 6.54 Å². The Balaban J connectivity index is 2.18. The maximum atomic E-state index is 11.2. The number of nitrogens with one attached hydrogen (secondary N) is 1. The summed E-state index contributed by atoms with van der Waals surface area (Å²) in [6.45, 7) is 9.16. The molecule has 0 aliphatic rings. The lowest BCUT2D eigenvalue weighted by Gasteiger charge is -2.18. The maximum Gasteiger partial charge on any atom is 0.216 e. The molecule has 3 rings (SSSR count). The van der Waals surface area contributed by atoms with E-state index in [4.69, 9.17) is 10.7 Å². The van der Waals surface area contributed by atoms with E-state index in [9.17, 15) is 4.79 Å². The second-order valence-electron chi connectivity index (χ2n) is 8.16. The van der Waals surface area contributed by atoms with Crippen LogP contribution in [-0.4, -0.2) is 17.4 Å². The molecule has 0 saturated carbocycles. The molecule has 0 fully saturated rings. The van der Waals surface area contributed by atoms with E-state index in [1.807, 2.05) is 0 Å². The molecule has 2 aromatic carbocycles. The van der Waals surface area contributed by atoms with Gasteiger partial charge in [0.2, 0.25) is 5.91 Å². The topological polar surface area (TPSA) is 68.0 Å². The number of aromatic nitrogens is 1. The molecule has 3 N–H and O–H groups in total. The Morgan fingerprint density at radius 3 is 2.48 bits per heavy atom. The Hall–Kier alpha value is -2.72. The van der Waals surface area contributed by atoms with Crippen molar-refractivity contribution in [3.05, 3.63) is 64.8 Å². The number of aryl methyl sites for hydroxylation is 1. The van der Waals surface area contributed by atoms with Gasteiger partial charge in [-0.05, 0) is 60.1 Å². The lowest BCUT2D eigenvalue weighted by atomic mass is 9.90. The van der Waals surface area contributed by atoms with Gasteiger partial charge in [-0.3, -0.25) is 9.78 Å². The van der Waals surface area contributed by atoms with E-state index in [1.165, 1.54) is 22.3 Å². The van der Waals surface area contributed by atoms with Crippen LogP contribution in [0, 0.1) is 12.8 Å². The average molecular weight is 390 g/mol. The predicted octanol–water partition coefficient (Wildman–Crippen LogP) is 4.55. The monoisotopic (exact) mass is 389 g/mol. The zero-order valence-corrected chi connectivity index (χ0v) is 17.9. The minimum Gasteiger partial charge on any atom is -0.356 e. The first-order valence-corrected chi connectivity index (χ1v) is 10.3. The van der Waals surface area contributed by atoms with Gasteiger partial charge in [0.25, 0.3) is 0 Å². The number of nitrogens with two attached hydrogens (primary N) is 1. The number of rotatable bonds is 7. The fourth-order valence-corrected chi connectivity index (χ4v) is 3.76. The smallest absolute Gasteiger partial charge is 0.216 e. The van der Waals surface area contributed by atoms with Crippen molar-refractivity contribution in [2.24, 2.45) is 11.7 Å². The van der Waals surface area contributed by atoms with E-state index in [1.54, 1.807) is 6.92 Å². The van der Waals surface area contributed by atoms with Gasteiger partial charge in [0.15, 0.2) is 0 Å². The summed E-state index contributed by atoms with van der Waals surface area (Å²) in [5.41, 5.74) is 14.3. The molecule has 4 nitrogen and oxygen atoms in total. The Bertz CT molecular complexity index is 1010. The first-order chi connectivity index (χ1) is 13.9. The number of fused-ring (bicyclic) bond motifs is 1. The Labute approximate surface area is 173 Å². The molecule has 0 saturated heterocycles. The Morgan fingerprint density at radius 2 is 1.86 bits per heavy atom. The van der Waals surface area contributed by atoms with Crippen LogP contribution >= 0.6 is 0 Å². The summed E-state index contributed by atoms with van der Waals surface area (Å²) in [4.78, 5) is 16.2. The van der Waals surface area contributed by atoms with Crippen LogP contribution in [-0.2, 0) is 24.2 Å². The van der Waals surface area contributed by atoms with Crippen LogP contribution in [0.25, 0.3) is 22.0 Å². The number of benzene rings is 2. The van der Waals surface area contributed by atoms with Crippen molar-refractivity contribution in [1.29, 1.82) is 0 Å². The first kappa shape index (κ1) is 21.0. The molecule has 0 unspecified atom stereocenters. The maximum absolute atomic E-state index is 11.2. The lowest BCUT2D eigenvalue weighted by molar-refractivity contribution is -0.118. The van der Waals surface area contributed by atoms with Crippen molar-refractivity contribution in [3.63, 3.8) is 0 Å². The van der Waals surface area contributed by atoms with Crippen molar-refractivity contribution in [1.82, 2.24) is 10.3 Å². The van der Waals surface area contributed by atoms with Crippen LogP contribution in [0.1, 0.15) is 43.2 Å². The molecule has 29 heavy (non-hydrogen) atoms. The van der Waals surface area contributed by atoms with Gasteiger partial charge in [0, 0.05) is 31.1 Å². The number of nitrogens with zero attached hydrogens (tertiary/aromatic N) is 1. The van der Waals surface area contributed by atoms with Gasteiger partial charge in [-0.1, -0.05) is 49.7 Å². The van der Waals surface area contributed by atoms with Crippen LogP contribution in [0.3, 0.4) is 0 Å². The number of carbonyl (C=O) groups is 1. The molecule has 0 spiro atoms. The number of hydrogen-bond acceptors (Lipinski definition) is 3. The largest absolute Gasteiger partial charge is 0.356 e. The molecule has 0 bridgehead atoms. The third-order valence-electron chi connectivity index (χ3n) is 5.17. The van der Waals surface area contributed by atoms with Crippen molar-refractivity contribution >= 4 is 16.8 Å². The number of hydrogen-bond donors (Lipinski definition) is 2. The van der Waals surface area contributed by atoms with Crippen LogP contribution in [0.4, 0.5) is 0 Å². The van der Waals surface area contributed by atoms with Crippen LogP contribution in [0.15, 0.2) is 42.5 Å². The average Bonchev–Trinajstić information content (AvgIpc) is 2.67. The molecule has 1 amide bonds. The third-order valence-corrected chi connectivity index (χ3v) is 5.17. The van der Waals surface area contributed by atoms with Gasteiger partial charge < -0.3 is 11.1 Å². The van der Waals surface area contributed by atoms with Crippen LogP contribution in [0.2, 0.25) is 0 Å². The van der Waals surface area contributed by atoms with Crippen molar-refractivity contribution in [3.8, 4) is 11.1 Å². The van der Waals surface area contributed by atoms with Crippen LogP contribution in [0.5, 0.6) is 0 Å². The fourth-order valence-electron chi connectivity index (χ4n) is 3.76. The van der Waals surface area contributed by atoms with Gasteiger partial charge in [0.1, 0.15) is 0 Å². The molecule has 0 aliphatic heterocycles. The summed E-state index contributed by atoms with van der Waals surface area (Å²) in [5, 5.41) is 4.00. The summed E-state index contributed by atoms with van der Waals surface area (Å²) in [5.74, 6) is 0.504. The molecule has 0 atom stereocenters. The molecule has 0 radical (unpaired) electrons. The van der Waals surface area contributed by atoms with E-state index in [0.717, 1.165) is 35.0 Å². The van der Waals surface area contributed by atoms with Gasteiger partial charge in [-0.25, -0.2) is 0 Å². The summed E-state index contributed by atoms with van der Waals surface area (Å²) in [7, 11) is 0. The van der Waals surface area contributed by atoms with Gasteiger partial charge in [0.05, 0.1) is 5.52 Å². The number of carbonyl (C=O) groups excluding carboxylic acids is 1. The number of pyridine rings is 1. The normalized spacial score (nSPS) is 11.2. The fraction of sp³-hybridized carbons (Fsp3) is 0.360. The molecule has 0 aliphatic carbocycles. The highest BCUT2D eigenvalue weighted by molar-refractivity contribution is 5.97. The summed E-state index contributed by atoms with van der Waals surface area (Å²) in [6, 6.07) is 15.0. The summed E-state index contributed by atoms with van der Waals surface area (Å²) in [6.07, 6.45) is 1.69. The second-order valence-corrected chi connectivity index (χ2v) is 8.16.